The first kappa shape index (κ1) is 14.7. The average Bonchev–Trinajstić information content (AvgIpc) is 2.35. The summed E-state index contributed by atoms with van der Waals surface area (Å²) in [5, 5.41) is 29.0. The predicted molar refractivity (Wildman–Crippen MR) is 63.4 cm³/mol. The number of methoxy groups -OCH3 is 1. The molecule has 0 aliphatic carbocycles. The molecule has 0 aliphatic heterocycles. The molecule has 0 heterocycles. The van der Waals surface area contributed by atoms with E-state index in [1.165, 1.54) is 19.2 Å². The lowest BCUT2D eigenvalue weighted by Gasteiger charge is -2.18. The Morgan fingerprint density at radius 1 is 1.53 bits per heavy atom. The van der Waals surface area contributed by atoms with Gasteiger partial charge in [-0.05, 0) is 19.1 Å². The van der Waals surface area contributed by atoms with Crippen molar-refractivity contribution in [2.75, 3.05) is 13.7 Å². The number of hydrogen-bond acceptors (Lipinski definition) is 6. The van der Waals surface area contributed by atoms with Crippen molar-refractivity contribution in [3.05, 3.63) is 28.3 Å². The van der Waals surface area contributed by atoms with E-state index in [1.807, 2.05) is 0 Å². The third-order valence-electron chi connectivity index (χ3n) is 2.33. The molecule has 0 spiro atoms. The van der Waals surface area contributed by atoms with Crippen LogP contribution in [-0.4, -0.2) is 40.4 Å². The normalized spacial score (nSPS) is 13.4. The molecule has 0 saturated heterocycles. The van der Waals surface area contributed by atoms with Gasteiger partial charge in [-0.2, -0.15) is 0 Å². The van der Waals surface area contributed by atoms with Crippen molar-refractivity contribution in [2.24, 2.45) is 0 Å². The SMILES string of the molecule is COc1ccc(OCC(C)(O)C(=O)O)c([N+](=O)[O-])c1. The molecule has 0 radical (unpaired) electrons. The van der Waals surface area contributed by atoms with Crippen LogP contribution in [0.2, 0.25) is 0 Å². The number of rotatable bonds is 6. The number of benzene rings is 1. The number of carboxylic acid groups (broad SMARTS) is 1. The quantitative estimate of drug-likeness (QED) is 0.580. The molecular formula is C11H13NO7. The zero-order valence-electron chi connectivity index (χ0n) is 10.3. The molecule has 19 heavy (non-hydrogen) atoms. The third-order valence-corrected chi connectivity index (χ3v) is 2.33. The van der Waals surface area contributed by atoms with Gasteiger partial charge in [-0.15, -0.1) is 0 Å². The second kappa shape index (κ2) is 5.53. The Kier molecular flexibility index (Phi) is 4.28. The molecule has 1 unspecified atom stereocenters. The van der Waals surface area contributed by atoms with Crippen LogP contribution in [0.4, 0.5) is 5.69 Å². The summed E-state index contributed by atoms with van der Waals surface area (Å²) in [5.41, 5.74) is -2.51. The first-order valence-electron chi connectivity index (χ1n) is 5.19. The van der Waals surface area contributed by atoms with Crippen molar-refractivity contribution >= 4 is 11.7 Å². The van der Waals surface area contributed by atoms with Crippen molar-refractivity contribution in [1.29, 1.82) is 0 Å². The zero-order chi connectivity index (χ0) is 14.6. The van der Waals surface area contributed by atoms with Gasteiger partial charge >= 0.3 is 11.7 Å². The second-order valence-corrected chi connectivity index (χ2v) is 3.96. The molecule has 2 N–H and O–H groups in total. The van der Waals surface area contributed by atoms with Crippen molar-refractivity contribution in [3.8, 4) is 11.5 Å². The molecule has 0 bridgehead atoms. The Hall–Kier alpha value is -2.35. The van der Waals surface area contributed by atoms with Gasteiger partial charge in [0.05, 0.1) is 18.1 Å². The highest BCUT2D eigenvalue weighted by atomic mass is 16.6. The largest absolute Gasteiger partial charge is 0.496 e. The number of nitro groups is 1. The van der Waals surface area contributed by atoms with Gasteiger partial charge in [0.2, 0.25) is 0 Å². The van der Waals surface area contributed by atoms with E-state index in [2.05, 4.69) is 0 Å². The van der Waals surface area contributed by atoms with E-state index < -0.39 is 23.1 Å². The molecule has 1 rings (SSSR count). The predicted octanol–water partition coefficient (Wildman–Crippen LogP) is 0.818. The topological polar surface area (TPSA) is 119 Å². The van der Waals surface area contributed by atoms with Crippen LogP contribution in [0.3, 0.4) is 0 Å². The van der Waals surface area contributed by atoms with Gasteiger partial charge in [0.1, 0.15) is 12.4 Å². The number of carboxylic acids is 1. The molecule has 8 nitrogen and oxygen atoms in total. The number of ether oxygens (including phenoxy) is 2. The lowest BCUT2D eigenvalue weighted by molar-refractivity contribution is -0.386. The minimum absolute atomic E-state index is 0.146. The summed E-state index contributed by atoms with van der Waals surface area (Å²) in [6, 6.07) is 3.84. The lowest BCUT2D eigenvalue weighted by atomic mass is 10.1. The Bertz CT molecular complexity index is 498. The molecule has 0 saturated carbocycles. The van der Waals surface area contributed by atoms with E-state index in [0.717, 1.165) is 13.0 Å². The van der Waals surface area contributed by atoms with E-state index in [1.54, 1.807) is 0 Å². The summed E-state index contributed by atoms with van der Waals surface area (Å²) in [5.74, 6) is -1.36. The average molecular weight is 271 g/mol. The number of hydrogen-bond donors (Lipinski definition) is 2. The van der Waals surface area contributed by atoms with Gasteiger partial charge in [-0.1, -0.05) is 0 Å². The van der Waals surface area contributed by atoms with E-state index in [9.17, 15) is 20.0 Å². The fourth-order valence-electron chi connectivity index (χ4n) is 1.17. The molecule has 0 fully saturated rings. The highest BCUT2D eigenvalue weighted by Gasteiger charge is 2.32. The molecule has 0 amide bonds. The first-order valence-corrected chi connectivity index (χ1v) is 5.19. The highest BCUT2D eigenvalue weighted by Crippen LogP contribution is 2.31. The van der Waals surface area contributed by atoms with Crippen molar-refractivity contribution in [3.63, 3.8) is 0 Å². The molecule has 0 aromatic heterocycles. The van der Waals surface area contributed by atoms with Crippen molar-refractivity contribution in [1.82, 2.24) is 0 Å². The fourth-order valence-corrected chi connectivity index (χ4v) is 1.17. The van der Waals surface area contributed by atoms with Crippen LogP contribution < -0.4 is 9.47 Å². The fraction of sp³-hybridized carbons (Fsp3) is 0.364. The van der Waals surface area contributed by atoms with Gasteiger partial charge in [0.25, 0.3) is 0 Å². The Morgan fingerprint density at radius 2 is 2.16 bits per heavy atom. The van der Waals surface area contributed by atoms with Crippen LogP contribution in [0.15, 0.2) is 18.2 Å². The van der Waals surface area contributed by atoms with Gasteiger partial charge < -0.3 is 19.7 Å². The summed E-state index contributed by atoms with van der Waals surface area (Å²) in [6.07, 6.45) is 0. The van der Waals surface area contributed by atoms with Gasteiger partial charge in [-0.3, -0.25) is 10.1 Å². The zero-order valence-corrected chi connectivity index (χ0v) is 10.3. The first-order chi connectivity index (χ1) is 8.77. The molecule has 1 aromatic rings. The summed E-state index contributed by atoms with van der Waals surface area (Å²) < 4.78 is 9.84. The van der Waals surface area contributed by atoms with Crippen LogP contribution in [0, 0.1) is 10.1 Å². The maximum absolute atomic E-state index is 10.8. The Balaban J connectivity index is 2.95. The Labute approximate surface area is 108 Å². The maximum Gasteiger partial charge on any atom is 0.339 e. The molecular weight excluding hydrogens is 258 g/mol. The van der Waals surface area contributed by atoms with Crippen LogP contribution in [0.5, 0.6) is 11.5 Å². The minimum Gasteiger partial charge on any atom is -0.496 e. The summed E-state index contributed by atoms with van der Waals surface area (Å²) >= 11 is 0. The van der Waals surface area contributed by atoms with Crippen molar-refractivity contribution in [2.45, 2.75) is 12.5 Å². The van der Waals surface area contributed by atoms with E-state index in [-0.39, 0.29) is 17.2 Å². The second-order valence-electron chi connectivity index (χ2n) is 3.96. The number of aliphatic hydroxyl groups is 1. The van der Waals surface area contributed by atoms with Crippen LogP contribution >= 0.6 is 0 Å². The molecule has 0 aliphatic rings. The Morgan fingerprint density at radius 3 is 2.63 bits per heavy atom. The number of nitro benzene ring substituents is 1. The van der Waals surface area contributed by atoms with E-state index in [4.69, 9.17) is 14.6 Å². The highest BCUT2D eigenvalue weighted by molar-refractivity contribution is 5.76. The van der Waals surface area contributed by atoms with Crippen LogP contribution in [0.1, 0.15) is 6.92 Å². The van der Waals surface area contributed by atoms with Gasteiger partial charge in [0.15, 0.2) is 11.4 Å². The molecule has 1 aromatic carbocycles. The smallest absolute Gasteiger partial charge is 0.339 e. The number of carbonyl (C=O) groups is 1. The summed E-state index contributed by atoms with van der Waals surface area (Å²) in [6.45, 7) is 0.417. The standard InChI is InChI=1S/C11H13NO7/c1-11(15,10(13)14)6-19-9-4-3-7(18-2)5-8(9)12(16)17/h3-5,15H,6H2,1-2H3,(H,13,14). The van der Waals surface area contributed by atoms with E-state index >= 15 is 0 Å². The molecule has 8 heteroatoms. The minimum atomic E-state index is -2.13. The van der Waals surface area contributed by atoms with Crippen molar-refractivity contribution < 1.29 is 29.4 Å². The monoisotopic (exact) mass is 271 g/mol. The summed E-state index contributed by atoms with van der Waals surface area (Å²) in [4.78, 5) is 20.8. The van der Waals surface area contributed by atoms with Gasteiger partial charge in [0, 0.05) is 0 Å². The maximum atomic E-state index is 10.8. The summed E-state index contributed by atoms with van der Waals surface area (Å²) in [7, 11) is 1.36. The number of aliphatic carboxylic acids is 1. The molecule has 1 atom stereocenters. The van der Waals surface area contributed by atoms with Gasteiger partial charge in [-0.25, -0.2) is 4.79 Å². The van der Waals surface area contributed by atoms with Crippen LogP contribution in [0.25, 0.3) is 0 Å². The number of nitrogens with zero attached hydrogens (tertiary/aromatic N) is 1. The third kappa shape index (κ3) is 3.55. The van der Waals surface area contributed by atoms with Crippen LogP contribution in [-0.2, 0) is 4.79 Å². The van der Waals surface area contributed by atoms with E-state index in [0.29, 0.717) is 0 Å². The lowest BCUT2D eigenvalue weighted by Crippen LogP contribution is -2.41. The molecule has 104 valence electrons.